The summed E-state index contributed by atoms with van der Waals surface area (Å²) in [7, 11) is 0. The van der Waals surface area contributed by atoms with E-state index in [0.29, 0.717) is 27.0 Å². The Morgan fingerprint density at radius 2 is 1.58 bits per heavy atom. The Kier molecular flexibility index (Phi) is 5.46. The monoisotopic (exact) mass is 388 g/mol. The molecule has 3 aromatic rings. The van der Waals surface area contributed by atoms with Gasteiger partial charge in [0, 0.05) is 18.1 Å². The van der Waals surface area contributed by atoms with Gasteiger partial charge in [-0.1, -0.05) is 35.3 Å². The molecule has 0 bridgehead atoms. The van der Waals surface area contributed by atoms with E-state index in [0.717, 1.165) is 0 Å². The number of carbonyl (C=O) groups is 2. The van der Waals surface area contributed by atoms with Crippen molar-refractivity contribution in [2.75, 3.05) is 5.32 Å². The number of aromatic nitrogens is 1. The predicted molar refractivity (Wildman–Crippen MR) is 102 cm³/mol. The highest BCUT2D eigenvalue weighted by molar-refractivity contribution is 6.42. The fraction of sp³-hybridized carbons (Fsp3) is 0. The lowest BCUT2D eigenvalue weighted by Crippen LogP contribution is -2.44. The van der Waals surface area contributed by atoms with Crippen molar-refractivity contribution in [2.24, 2.45) is 0 Å². The molecule has 1 aromatic heterocycles. The van der Waals surface area contributed by atoms with Crippen molar-refractivity contribution in [1.82, 2.24) is 15.4 Å². The van der Waals surface area contributed by atoms with Gasteiger partial charge < -0.3 is 9.88 Å². The van der Waals surface area contributed by atoms with Gasteiger partial charge in [0.05, 0.1) is 21.3 Å². The third kappa shape index (κ3) is 4.17. The highest BCUT2D eigenvalue weighted by Gasteiger charge is 2.13. The van der Waals surface area contributed by atoms with Crippen LogP contribution in [0.2, 0.25) is 10.0 Å². The molecular weight excluding hydrogens is 375 g/mol. The van der Waals surface area contributed by atoms with E-state index in [2.05, 4.69) is 16.2 Å². The summed E-state index contributed by atoms with van der Waals surface area (Å²) in [5, 5.41) is 3.24. The lowest BCUT2D eigenvalue weighted by atomic mass is 10.1. The van der Waals surface area contributed by atoms with Crippen molar-refractivity contribution in [3.63, 3.8) is 0 Å². The number of hydrazine groups is 1. The second-order valence-electron chi connectivity index (χ2n) is 5.27. The van der Waals surface area contributed by atoms with Crippen LogP contribution in [0.3, 0.4) is 0 Å². The van der Waals surface area contributed by atoms with E-state index in [-0.39, 0.29) is 0 Å². The van der Waals surface area contributed by atoms with Crippen LogP contribution in [0.15, 0.2) is 67.0 Å². The second kappa shape index (κ2) is 7.95. The van der Waals surface area contributed by atoms with Crippen LogP contribution in [0.1, 0.15) is 10.4 Å². The molecule has 0 radical (unpaired) electrons. The Bertz CT molecular complexity index is 942. The van der Waals surface area contributed by atoms with Gasteiger partial charge >= 0.3 is 6.03 Å². The highest BCUT2D eigenvalue weighted by atomic mass is 35.5. The van der Waals surface area contributed by atoms with E-state index in [4.69, 9.17) is 23.2 Å². The molecular formula is C18H14Cl2N4O2. The maximum absolute atomic E-state index is 12.4. The lowest BCUT2D eigenvalue weighted by molar-refractivity contribution is 0.0938. The molecule has 0 spiro atoms. The Hall–Kier alpha value is -2.96. The number of nitrogens with one attached hydrogen (secondary N) is 3. The van der Waals surface area contributed by atoms with Crippen LogP contribution in [0.25, 0.3) is 5.69 Å². The number of para-hydroxylation sites is 1. The molecule has 1 heterocycles. The minimum Gasteiger partial charge on any atom is -0.323 e. The number of benzene rings is 2. The average molecular weight is 389 g/mol. The molecule has 0 saturated heterocycles. The number of hydrogen-bond acceptors (Lipinski definition) is 2. The molecule has 3 amide bonds. The van der Waals surface area contributed by atoms with Gasteiger partial charge in [0.2, 0.25) is 0 Å². The van der Waals surface area contributed by atoms with E-state index in [1.807, 2.05) is 41.2 Å². The standard InChI is InChI=1S/C18H14Cl2N4O2/c19-14-8-7-12(11-15(14)20)21-18(26)23-22-17(25)13-5-1-2-6-16(13)24-9-3-4-10-24/h1-11H,(H,22,25)(H2,21,23,26). The lowest BCUT2D eigenvalue weighted by Gasteiger charge is -2.12. The van der Waals surface area contributed by atoms with Crippen LogP contribution in [-0.2, 0) is 0 Å². The van der Waals surface area contributed by atoms with Crippen LogP contribution in [0.4, 0.5) is 10.5 Å². The number of hydrogen-bond donors (Lipinski definition) is 3. The molecule has 2 aromatic carbocycles. The summed E-state index contributed by atoms with van der Waals surface area (Å²) in [5.41, 5.74) is 6.23. The molecule has 0 saturated carbocycles. The van der Waals surface area contributed by atoms with Crippen molar-refractivity contribution >= 4 is 40.8 Å². The first-order chi connectivity index (χ1) is 12.5. The van der Waals surface area contributed by atoms with Gasteiger partial charge in [0.15, 0.2) is 0 Å². The van der Waals surface area contributed by atoms with Crippen LogP contribution in [0.5, 0.6) is 0 Å². The van der Waals surface area contributed by atoms with E-state index in [9.17, 15) is 9.59 Å². The van der Waals surface area contributed by atoms with Gasteiger partial charge in [-0.3, -0.25) is 10.2 Å². The number of rotatable bonds is 3. The predicted octanol–water partition coefficient (Wildman–Crippen LogP) is 4.25. The summed E-state index contributed by atoms with van der Waals surface area (Å²) in [6.45, 7) is 0. The van der Waals surface area contributed by atoms with E-state index >= 15 is 0 Å². The van der Waals surface area contributed by atoms with E-state index in [1.165, 1.54) is 6.07 Å². The molecule has 0 fully saturated rings. The third-order valence-corrected chi connectivity index (χ3v) is 4.24. The van der Waals surface area contributed by atoms with Crippen molar-refractivity contribution < 1.29 is 9.59 Å². The minimum absolute atomic E-state index is 0.314. The number of carbonyl (C=O) groups excluding carboxylic acids is 2. The molecule has 0 atom stereocenters. The molecule has 0 aliphatic rings. The second-order valence-corrected chi connectivity index (χ2v) is 6.08. The zero-order chi connectivity index (χ0) is 18.5. The van der Waals surface area contributed by atoms with Gasteiger partial charge in [-0.25, -0.2) is 10.2 Å². The molecule has 8 heteroatoms. The SMILES string of the molecule is O=C(NNC(=O)c1ccccc1-n1cccc1)Nc1ccc(Cl)c(Cl)c1. The molecule has 3 rings (SSSR count). The van der Waals surface area contributed by atoms with Gasteiger partial charge in [-0.05, 0) is 42.5 Å². The van der Waals surface area contributed by atoms with Crippen molar-refractivity contribution in [3.8, 4) is 5.69 Å². The zero-order valence-electron chi connectivity index (χ0n) is 13.4. The number of anilines is 1. The highest BCUT2D eigenvalue weighted by Crippen LogP contribution is 2.24. The van der Waals surface area contributed by atoms with Crippen molar-refractivity contribution in [2.45, 2.75) is 0 Å². The largest absolute Gasteiger partial charge is 0.337 e. The summed E-state index contributed by atoms with van der Waals surface area (Å²) in [4.78, 5) is 24.4. The van der Waals surface area contributed by atoms with Gasteiger partial charge in [-0.2, -0.15) is 0 Å². The van der Waals surface area contributed by atoms with E-state index in [1.54, 1.807) is 24.3 Å². The number of nitrogens with zero attached hydrogens (tertiary/aromatic N) is 1. The normalized spacial score (nSPS) is 10.2. The summed E-state index contributed by atoms with van der Waals surface area (Å²) >= 11 is 11.7. The maximum atomic E-state index is 12.4. The van der Waals surface area contributed by atoms with Crippen LogP contribution in [-0.4, -0.2) is 16.5 Å². The van der Waals surface area contributed by atoms with Crippen molar-refractivity contribution in [3.05, 3.63) is 82.6 Å². The number of amides is 3. The molecule has 6 nitrogen and oxygen atoms in total. The third-order valence-electron chi connectivity index (χ3n) is 3.50. The molecule has 3 N–H and O–H groups in total. The maximum Gasteiger partial charge on any atom is 0.337 e. The summed E-state index contributed by atoms with van der Waals surface area (Å²) in [6.07, 6.45) is 3.66. The summed E-state index contributed by atoms with van der Waals surface area (Å²) in [6, 6.07) is 14.8. The smallest absolute Gasteiger partial charge is 0.323 e. The van der Waals surface area contributed by atoms with Crippen molar-refractivity contribution in [1.29, 1.82) is 0 Å². The fourth-order valence-electron chi connectivity index (χ4n) is 2.30. The Morgan fingerprint density at radius 1 is 0.846 bits per heavy atom. The minimum atomic E-state index is -0.616. The number of urea groups is 1. The summed E-state index contributed by atoms with van der Waals surface area (Å²) in [5.74, 6) is -0.446. The first kappa shape index (κ1) is 17.8. The summed E-state index contributed by atoms with van der Waals surface area (Å²) < 4.78 is 1.81. The molecule has 0 aliphatic carbocycles. The van der Waals surface area contributed by atoms with Crippen LogP contribution >= 0.6 is 23.2 Å². The van der Waals surface area contributed by atoms with Gasteiger partial charge in [0.25, 0.3) is 5.91 Å². The average Bonchev–Trinajstić information content (AvgIpc) is 3.17. The Balaban J connectivity index is 1.64. The van der Waals surface area contributed by atoms with Crippen LogP contribution < -0.4 is 16.2 Å². The Morgan fingerprint density at radius 3 is 2.31 bits per heavy atom. The molecule has 26 heavy (non-hydrogen) atoms. The van der Waals surface area contributed by atoms with Gasteiger partial charge in [0.1, 0.15) is 0 Å². The molecule has 0 unspecified atom stereocenters. The number of halogens is 2. The van der Waals surface area contributed by atoms with Crippen LogP contribution in [0, 0.1) is 0 Å². The first-order valence-corrected chi connectivity index (χ1v) is 8.35. The zero-order valence-corrected chi connectivity index (χ0v) is 14.9. The topological polar surface area (TPSA) is 75.2 Å². The quantitative estimate of drug-likeness (QED) is 0.586. The first-order valence-electron chi connectivity index (χ1n) is 7.59. The Labute approximate surface area is 159 Å². The molecule has 132 valence electrons. The molecule has 0 aliphatic heterocycles. The fourth-order valence-corrected chi connectivity index (χ4v) is 2.60. The van der Waals surface area contributed by atoms with E-state index < -0.39 is 11.9 Å². The van der Waals surface area contributed by atoms with Gasteiger partial charge in [-0.15, -0.1) is 0 Å².